The fourth-order valence-electron chi connectivity index (χ4n) is 4.98. The number of aromatic nitrogens is 5. The van der Waals surface area contributed by atoms with Crippen molar-refractivity contribution in [2.75, 3.05) is 5.32 Å². The quantitative estimate of drug-likeness (QED) is 0.693. The van der Waals surface area contributed by atoms with E-state index in [4.69, 9.17) is 4.42 Å². The highest BCUT2D eigenvalue weighted by Crippen LogP contribution is 2.55. The van der Waals surface area contributed by atoms with E-state index >= 15 is 0 Å². The first-order chi connectivity index (χ1) is 14.9. The smallest absolute Gasteiger partial charge is 0.323 e. The predicted molar refractivity (Wildman–Crippen MR) is 110 cm³/mol. The summed E-state index contributed by atoms with van der Waals surface area (Å²) in [7, 11) is 1.76. The largest absolute Gasteiger partial charge is 0.423 e. The summed E-state index contributed by atoms with van der Waals surface area (Å²) in [5, 5.41) is 24.9. The molecule has 158 valence electrons. The number of benzene rings is 1. The summed E-state index contributed by atoms with van der Waals surface area (Å²) in [6.07, 6.45) is 4.12. The van der Waals surface area contributed by atoms with E-state index in [-0.39, 0.29) is 12.1 Å². The molecule has 5 rings (SSSR count). The minimum absolute atomic E-state index is 0.131. The Hall–Kier alpha value is -3.74. The van der Waals surface area contributed by atoms with Crippen molar-refractivity contribution in [2.24, 2.45) is 13.0 Å². The monoisotopic (exact) mass is 418 g/mol. The second kappa shape index (κ2) is 6.91. The van der Waals surface area contributed by atoms with E-state index in [1.807, 2.05) is 4.90 Å². The lowest BCUT2D eigenvalue weighted by Crippen LogP contribution is -2.70. The van der Waals surface area contributed by atoms with Gasteiger partial charge in [-0.1, -0.05) is 6.92 Å². The van der Waals surface area contributed by atoms with E-state index in [1.165, 1.54) is 0 Å². The Bertz CT molecular complexity index is 1210. The van der Waals surface area contributed by atoms with Crippen LogP contribution in [0.25, 0.3) is 11.4 Å². The first-order valence-electron chi connectivity index (χ1n) is 10.2. The highest BCUT2D eigenvalue weighted by Gasteiger charge is 2.62. The van der Waals surface area contributed by atoms with Crippen LogP contribution >= 0.6 is 0 Å². The van der Waals surface area contributed by atoms with Crippen molar-refractivity contribution in [3.63, 3.8) is 0 Å². The van der Waals surface area contributed by atoms with Crippen molar-refractivity contribution >= 4 is 11.7 Å². The maximum absolute atomic E-state index is 13.3. The van der Waals surface area contributed by atoms with Crippen LogP contribution in [-0.4, -0.2) is 41.9 Å². The Morgan fingerprint density at radius 2 is 2.19 bits per heavy atom. The maximum Gasteiger partial charge on any atom is 0.323 e. The number of likely N-dealkylation sites (tertiary alicyclic amines) is 1. The van der Waals surface area contributed by atoms with E-state index < -0.39 is 5.54 Å². The number of nitriles is 1. The summed E-state index contributed by atoms with van der Waals surface area (Å²) >= 11 is 0. The number of amides is 2. The number of carbonyl (C=O) groups is 1. The zero-order valence-electron chi connectivity index (χ0n) is 17.5. The fourth-order valence-corrected chi connectivity index (χ4v) is 4.98. The lowest BCUT2D eigenvalue weighted by atomic mass is 9.64. The zero-order valence-corrected chi connectivity index (χ0v) is 17.5. The van der Waals surface area contributed by atoms with Crippen LogP contribution in [0.15, 0.2) is 28.9 Å². The van der Waals surface area contributed by atoms with Crippen LogP contribution in [0, 0.1) is 24.2 Å². The fraction of sp³-hybridized carbons (Fsp3) is 0.429. The number of aryl methyl sites for hydroxylation is 2. The van der Waals surface area contributed by atoms with Crippen LogP contribution in [0.2, 0.25) is 0 Å². The molecular formula is C21H22N8O2. The third-order valence-corrected chi connectivity index (χ3v) is 6.13. The van der Waals surface area contributed by atoms with Crippen LogP contribution < -0.4 is 5.32 Å². The van der Waals surface area contributed by atoms with Gasteiger partial charge >= 0.3 is 6.03 Å². The topological polar surface area (TPSA) is 126 Å². The number of rotatable bonds is 3. The van der Waals surface area contributed by atoms with E-state index in [1.54, 1.807) is 43.2 Å². The van der Waals surface area contributed by atoms with Gasteiger partial charge in [0.05, 0.1) is 11.6 Å². The molecule has 0 spiro atoms. The van der Waals surface area contributed by atoms with Crippen LogP contribution in [0.4, 0.5) is 10.5 Å². The van der Waals surface area contributed by atoms with Crippen molar-refractivity contribution in [1.29, 1.82) is 5.26 Å². The van der Waals surface area contributed by atoms with Crippen molar-refractivity contribution in [2.45, 2.75) is 44.7 Å². The number of piperidine rings is 1. The van der Waals surface area contributed by atoms with Gasteiger partial charge in [0.1, 0.15) is 11.9 Å². The second-order valence-electron chi connectivity index (χ2n) is 8.47. The number of carbonyl (C=O) groups excluding carboxylic acids is 1. The number of nitrogens with one attached hydrogen (secondary N) is 1. The summed E-state index contributed by atoms with van der Waals surface area (Å²) in [5.74, 6) is 1.89. The van der Waals surface area contributed by atoms with Gasteiger partial charge in [0.2, 0.25) is 11.8 Å². The summed E-state index contributed by atoms with van der Waals surface area (Å²) < 4.78 is 7.32. The van der Waals surface area contributed by atoms with Crippen LogP contribution in [0.1, 0.15) is 43.5 Å². The van der Waals surface area contributed by atoms with Gasteiger partial charge < -0.3 is 14.6 Å². The molecule has 0 radical (unpaired) electrons. The molecule has 1 saturated heterocycles. The lowest BCUT2D eigenvalue weighted by Gasteiger charge is -2.61. The standard InChI is InChI=1S/C21H22N8O2/c1-12-6-16-9-21(8-12,19-26-25-13(2)31-19)29(16)20(30)24-15-5-4-14(10-22)17(7-15)18-23-11-28(3)27-18/h4-5,7,11-12,16H,6,8-9H2,1-3H3,(H,24,30)/t12-,16+,21-/m1/s1. The molecule has 1 aromatic carbocycles. The Morgan fingerprint density at radius 3 is 2.87 bits per heavy atom. The molecule has 1 aliphatic heterocycles. The minimum Gasteiger partial charge on any atom is -0.423 e. The highest BCUT2D eigenvalue weighted by molar-refractivity contribution is 5.92. The average molecular weight is 418 g/mol. The number of nitrogens with zero attached hydrogens (tertiary/aromatic N) is 7. The van der Waals surface area contributed by atoms with Crippen molar-refractivity contribution in [3.05, 3.63) is 41.9 Å². The molecule has 10 nitrogen and oxygen atoms in total. The maximum atomic E-state index is 13.3. The molecule has 0 unspecified atom stereocenters. The minimum atomic E-state index is -0.564. The van der Waals surface area contributed by atoms with E-state index in [2.05, 4.69) is 38.6 Å². The molecule has 2 aromatic heterocycles. The van der Waals surface area contributed by atoms with Gasteiger partial charge in [-0.25, -0.2) is 9.78 Å². The van der Waals surface area contributed by atoms with Gasteiger partial charge in [-0.05, 0) is 37.0 Å². The molecule has 1 saturated carbocycles. The normalized spacial score (nSPS) is 24.4. The van der Waals surface area contributed by atoms with Gasteiger partial charge in [-0.3, -0.25) is 4.68 Å². The van der Waals surface area contributed by atoms with Crippen molar-refractivity contribution in [3.8, 4) is 17.5 Å². The number of anilines is 1. The van der Waals surface area contributed by atoms with E-state index in [9.17, 15) is 10.1 Å². The van der Waals surface area contributed by atoms with Gasteiger partial charge in [-0.2, -0.15) is 10.4 Å². The molecule has 3 aromatic rings. The van der Waals surface area contributed by atoms with E-state index in [0.29, 0.717) is 40.3 Å². The number of hydrogen-bond donors (Lipinski definition) is 1. The van der Waals surface area contributed by atoms with Gasteiger partial charge in [0.15, 0.2) is 5.82 Å². The van der Waals surface area contributed by atoms with E-state index in [0.717, 1.165) is 19.3 Å². The van der Waals surface area contributed by atoms with Crippen LogP contribution in [0.3, 0.4) is 0 Å². The molecule has 2 bridgehead atoms. The Morgan fingerprint density at radius 1 is 1.35 bits per heavy atom. The van der Waals surface area contributed by atoms with Crippen molar-refractivity contribution in [1.82, 2.24) is 29.9 Å². The Labute approximate surface area is 178 Å². The molecule has 1 N–H and O–H groups in total. The van der Waals surface area contributed by atoms with Gasteiger partial charge in [0.25, 0.3) is 0 Å². The molecular weight excluding hydrogens is 396 g/mol. The molecule has 1 aliphatic carbocycles. The summed E-state index contributed by atoms with van der Waals surface area (Å²) in [6, 6.07) is 7.17. The molecule has 2 aliphatic rings. The Kier molecular flexibility index (Phi) is 4.28. The van der Waals surface area contributed by atoms with Crippen LogP contribution in [-0.2, 0) is 12.6 Å². The van der Waals surface area contributed by atoms with Crippen LogP contribution in [0.5, 0.6) is 0 Å². The number of urea groups is 1. The summed E-state index contributed by atoms with van der Waals surface area (Å²) in [6.45, 7) is 3.94. The number of hydrogen-bond acceptors (Lipinski definition) is 7. The lowest BCUT2D eigenvalue weighted by molar-refractivity contribution is -0.110. The average Bonchev–Trinajstić information content (AvgIpc) is 3.35. The third-order valence-electron chi connectivity index (χ3n) is 6.13. The molecule has 2 fully saturated rings. The molecule has 3 atom stereocenters. The predicted octanol–water partition coefficient (Wildman–Crippen LogP) is 2.98. The second-order valence-corrected chi connectivity index (χ2v) is 8.47. The molecule has 10 heteroatoms. The van der Waals surface area contributed by atoms with Gasteiger partial charge in [-0.15, -0.1) is 10.2 Å². The third kappa shape index (κ3) is 3.04. The molecule has 3 heterocycles. The SMILES string of the molecule is Cc1nnc([C@@]23C[C@H](C)C[C@@H](C2)N3C(=O)Nc2ccc(C#N)c(-c3ncn(C)n3)c2)o1. The Balaban J connectivity index is 1.44. The molecule has 2 amide bonds. The highest BCUT2D eigenvalue weighted by atomic mass is 16.4. The summed E-state index contributed by atoms with van der Waals surface area (Å²) in [5.41, 5.74) is 1.02. The first kappa shape index (κ1) is 19.2. The number of fused-ring (bicyclic) bond motifs is 2. The molecule has 31 heavy (non-hydrogen) atoms. The van der Waals surface area contributed by atoms with Crippen molar-refractivity contribution < 1.29 is 9.21 Å². The first-order valence-corrected chi connectivity index (χ1v) is 10.2. The summed E-state index contributed by atoms with van der Waals surface area (Å²) in [4.78, 5) is 19.4. The zero-order chi connectivity index (χ0) is 21.8. The van der Waals surface area contributed by atoms with Gasteiger partial charge in [0, 0.05) is 37.7 Å².